The number of aryl methyl sites for hydroxylation is 3. The number of nitrogens with one attached hydrogen (secondary N) is 2. The van der Waals surface area contributed by atoms with Crippen LogP contribution in [0.15, 0.2) is 41.8 Å². The third-order valence-electron chi connectivity index (χ3n) is 5.47. The number of rotatable bonds is 4. The summed E-state index contributed by atoms with van der Waals surface area (Å²) in [4.78, 5) is 16.5. The Morgan fingerprint density at radius 1 is 0.962 bits per heavy atom. The van der Waals surface area contributed by atoms with E-state index in [9.17, 15) is 4.79 Å². The lowest BCUT2D eigenvalue weighted by atomic mass is 9.93. The molecule has 0 spiro atoms. The van der Waals surface area contributed by atoms with Crippen LogP contribution in [0.25, 0.3) is 16.6 Å². The molecular weight excluding hydrogens is 320 g/mol. The van der Waals surface area contributed by atoms with Gasteiger partial charge >= 0.3 is 0 Å². The summed E-state index contributed by atoms with van der Waals surface area (Å²) in [6.07, 6.45) is 1.77. The number of H-pyrrole nitrogens is 1. The molecule has 3 aromatic rings. The third kappa shape index (κ3) is 3.05. The number of benzene rings is 2. The van der Waals surface area contributed by atoms with E-state index in [1.54, 1.807) is 6.20 Å². The molecule has 3 rings (SSSR count). The van der Waals surface area contributed by atoms with Crippen molar-refractivity contribution in [2.45, 2.75) is 41.2 Å². The van der Waals surface area contributed by atoms with Crippen LogP contribution in [0.4, 0.5) is 0 Å². The highest BCUT2D eigenvalue weighted by Crippen LogP contribution is 2.26. The van der Waals surface area contributed by atoms with Crippen molar-refractivity contribution in [1.29, 1.82) is 0 Å². The molecule has 0 aliphatic rings. The van der Waals surface area contributed by atoms with E-state index in [0.717, 1.165) is 27.6 Å². The zero-order chi connectivity index (χ0) is 19.0. The molecule has 26 heavy (non-hydrogen) atoms. The maximum atomic E-state index is 13.1. The fourth-order valence-corrected chi connectivity index (χ4v) is 3.36. The van der Waals surface area contributed by atoms with Gasteiger partial charge in [0.05, 0.1) is 11.1 Å². The predicted molar refractivity (Wildman–Crippen MR) is 111 cm³/mol. The summed E-state index contributed by atoms with van der Waals surface area (Å²) in [6, 6.07) is 8.33. The lowest BCUT2D eigenvalue weighted by Gasteiger charge is -2.15. The molecule has 0 aliphatic carbocycles. The number of aromatic amines is 1. The smallest absolute Gasteiger partial charge is 0.198 e. The van der Waals surface area contributed by atoms with E-state index in [1.165, 1.54) is 16.7 Å². The van der Waals surface area contributed by atoms with Crippen LogP contribution in [-0.2, 0) is 6.54 Å². The predicted octanol–water partition coefficient (Wildman–Crippen LogP) is 4.83. The van der Waals surface area contributed by atoms with Gasteiger partial charge in [-0.05, 0) is 62.4 Å². The Balaban J connectivity index is 1.98. The summed E-state index contributed by atoms with van der Waals surface area (Å²) in [5.74, 6) is 0. The van der Waals surface area contributed by atoms with Crippen LogP contribution in [0.1, 0.15) is 38.9 Å². The van der Waals surface area contributed by atoms with E-state index in [4.69, 9.17) is 0 Å². The van der Waals surface area contributed by atoms with Crippen LogP contribution in [0.5, 0.6) is 0 Å². The summed E-state index contributed by atoms with van der Waals surface area (Å²) in [7, 11) is 0. The van der Waals surface area contributed by atoms with E-state index in [1.807, 2.05) is 6.92 Å². The van der Waals surface area contributed by atoms with Crippen LogP contribution in [-0.4, -0.2) is 4.98 Å². The first-order valence-electron chi connectivity index (χ1n) is 8.91. The lowest BCUT2D eigenvalue weighted by Crippen LogP contribution is -2.19. The van der Waals surface area contributed by atoms with Gasteiger partial charge in [0.15, 0.2) is 5.43 Å². The fourth-order valence-electron chi connectivity index (χ4n) is 3.36. The lowest BCUT2D eigenvalue weighted by molar-refractivity contribution is 0.889. The van der Waals surface area contributed by atoms with Gasteiger partial charge in [0, 0.05) is 23.8 Å². The van der Waals surface area contributed by atoms with Gasteiger partial charge in [-0.25, -0.2) is 0 Å². The molecule has 0 unspecified atom stereocenters. The molecule has 3 nitrogen and oxygen atoms in total. The topological polar surface area (TPSA) is 44.9 Å². The normalized spacial score (nSPS) is 11.0. The Hall–Kier alpha value is -2.81. The van der Waals surface area contributed by atoms with Gasteiger partial charge in [0.1, 0.15) is 0 Å². The van der Waals surface area contributed by atoms with Crippen LogP contribution < -0.4 is 10.7 Å². The van der Waals surface area contributed by atoms with Gasteiger partial charge < -0.3 is 10.3 Å². The molecule has 0 saturated carbocycles. The Bertz CT molecular complexity index is 1060. The summed E-state index contributed by atoms with van der Waals surface area (Å²) in [5.41, 5.74) is 9.16. The highest BCUT2D eigenvalue weighted by atomic mass is 16.1. The number of pyridine rings is 1. The minimum absolute atomic E-state index is 0.0313. The van der Waals surface area contributed by atoms with Crippen molar-refractivity contribution in [2.75, 3.05) is 0 Å². The highest BCUT2D eigenvalue weighted by molar-refractivity contribution is 5.89. The molecule has 0 amide bonds. The Morgan fingerprint density at radius 3 is 2.23 bits per heavy atom. The molecule has 2 N–H and O–H groups in total. The third-order valence-corrected chi connectivity index (χ3v) is 5.47. The van der Waals surface area contributed by atoms with Crippen molar-refractivity contribution in [3.63, 3.8) is 0 Å². The molecule has 0 fully saturated rings. The fraction of sp³-hybridized carbons (Fsp3) is 0.261. The van der Waals surface area contributed by atoms with Crippen molar-refractivity contribution >= 4 is 16.6 Å². The quantitative estimate of drug-likeness (QED) is 0.710. The van der Waals surface area contributed by atoms with Crippen molar-refractivity contribution in [3.8, 4) is 0 Å². The van der Waals surface area contributed by atoms with E-state index >= 15 is 0 Å². The minimum atomic E-state index is 0.0313. The van der Waals surface area contributed by atoms with Gasteiger partial charge in [0.25, 0.3) is 0 Å². The largest absolute Gasteiger partial charge is 0.381 e. The number of aromatic nitrogens is 1. The first kappa shape index (κ1) is 18.0. The van der Waals surface area contributed by atoms with E-state index in [0.29, 0.717) is 17.8 Å². The molecule has 3 heteroatoms. The Kier molecular flexibility index (Phi) is 4.73. The van der Waals surface area contributed by atoms with Crippen molar-refractivity contribution in [3.05, 3.63) is 86.2 Å². The highest BCUT2D eigenvalue weighted by Gasteiger charge is 2.15. The average Bonchev–Trinajstić information content (AvgIpc) is 2.63. The molecule has 2 aromatic carbocycles. The first-order valence-corrected chi connectivity index (χ1v) is 8.91. The van der Waals surface area contributed by atoms with Gasteiger partial charge in [-0.1, -0.05) is 36.4 Å². The van der Waals surface area contributed by atoms with Crippen molar-refractivity contribution < 1.29 is 0 Å². The van der Waals surface area contributed by atoms with Crippen LogP contribution >= 0.6 is 0 Å². The Labute approximate surface area is 154 Å². The van der Waals surface area contributed by atoms with Gasteiger partial charge in [0.2, 0.25) is 0 Å². The van der Waals surface area contributed by atoms with Crippen molar-refractivity contribution in [1.82, 2.24) is 10.3 Å². The number of fused-ring (bicyclic) bond motifs is 1. The standard InChI is InChI=1S/C23H26N2O/c1-13-7-9-19(10-8-13)11-24-18(6)20-12-25-22-17(5)15(3)14(2)16(4)21(22)23(20)26/h7-10,12,24H,6,11H2,1-5H3,(H,25,26). The van der Waals surface area contributed by atoms with Crippen LogP contribution in [0, 0.1) is 34.6 Å². The zero-order valence-electron chi connectivity index (χ0n) is 16.2. The monoisotopic (exact) mass is 346 g/mol. The molecular formula is C23H26N2O. The van der Waals surface area contributed by atoms with Crippen LogP contribution in [0.3, 0.4) is 0 Å². The van der Waals surface area contributed by atoms with E-state index in [2.05, 4.69) is 68.8 Å². The first-order chi connectivity index (χ1) is 12.3. The zero-order valence-corrected chi connectivity index (χ0v) is 16.2. The SMILES string of the molecule is C=C(NCc1ccc(C)cc1)c1c[nH]c2c(C)c(C)c(C)c(C)c2c1=O. The molecule has 134 valence electrons. The molecule has 0 atom stereocenters. The summed E-state index contributed by atoms with van der Waals surface area (Å²) in [6.45, 7) is 15.1. The molecule has 1 aromatic heterocycles. The van der Waals surface area contributed by atoms with E-state index in [-0.39, 0.29) is 5.43 Å². The second kappa shape index (κ2) is 6.83. The average molecular weight is 346 g/mol. The van der Waals surface area contributed by atoms with Crippen molar-refractivity contribution in [2.24, 2.45) is 0 Å². The Morgan fingerprint density at radius 2 is 1.58 bits per heavy atom. The summed E-state index contributed by atoms with van der Waals surface area (Å²) >= 11 is 0. The minimum Gasteiger partial charge on any atom is -0.381 e. The van der Waals surface area contributed by atoms with Gasteiger partial charge in [-0.15, -0.1) is 0 Å². The summed E-state index contributed by atoms with van der Waals surface area (Å²) in [5, 5.41) is 4.05. The maximum absolute atomic E-state index is 13.1. The van der Waals surface area contributed by atoms with Gasteiger partial charge in [-0.3, -0.25) is 4.79 Å². The van der Waals surface area contributed by atoms with Gasteiger partial charge in [-0.2, -0.15) is 0 Å². The molecule has 0 saturated heterocycles. The molecule has 0 radical (unpaired) electrons. The number of hydrogen-bond donors (Lipinski definition) is 2. The van der Waals surface area contributed by atoms with E-state index < -0.39 is 0 Å². The second-order valence-electron chi connectivity index (χ2n) is 7.10. The molecule has 0 bridgehead atoms. The molecule has 1 heterocycles. The number of hydrogen-bond acceptors (Lipinski definition) is 2. The maximum Gasteiger partial charge on any atom is 0.198 e. The summed E-state index contributed by atoms with van der Waals surface area (Å²) < 4.78 is 0. The molecule has 0 aliphatic heterocycles. The second-order valence-corrected chi connectivity index (χ2v) is 7.10. The van der Waals surface area contributed by atoms with Crippen LogP contribution in [0.2, 0.25) is 0 Å².